The van der Waals surface area contributed by atoms with Gasteiger partial charge in [-0.3, -0.25) is 4.90 Å². The zero-order valence-corrected chi connectivity index (χ0v) is 11.8. The molecule has 1 aliphatic heterocycles. The van der Waals surface area contributed by atoms with E-state index in [0.717, 1.165) is 24.4 Å². The Morgan fingerprint density at radius 2 is 2.39 bits per heavy atom. The van der Waals surface area contributed by atoms with Gasteiger partial charge in [0.15, 0.2) is 0 Å². The Balaban J connectivity index is 2.21. The number of likely N-dealkylation sites (N-methyl/N-ethyl adjacent to an activating group) is 2. The first-order valence-corrected chi connectivity index (χ1v) is 7.64. The summed E-state index contributed by atoms with van der Waals surface area (Å²) in [7, 11) is 2.16. The van der Waals surface area contributed by atoms with E-state index in [0.29, 0.717) is 6.04 Å². The number of rotatable bonds is 4. The molecule has 1 N–H and O–H groups in total. The van der Waals surface area contributed by atoms with Crippen molar-refractivity contribution in [1.82, 2.24) is 10.2 Å². The molecule has 2 atom stereocenters. The minimum Gasteiger partial charge on any atom is -0.309 e. The van der Waals surface area contributed by atoms with Gasteiger partial charge in [0.25, 0.3) is 0 Å². The fourth-order valence-corrected chi connectivity index (χ4v) is 3.72. The number of hydrogen-bond donors (Lipinski definition) is 1. The molecule has 2 rings (SSSR count). The van der Waals surface area contributed by atoms with Crippen LogP contribution in [0, 0.1) is 5.82 Å². The minimum atomic E-state index is -0.151. The molecule has 0 aliphatic carbocycles. The molecule has 0 spiro atoms. The first-order chi connectivity index (χ1) is 8.72. The second kappa shape index (κ2) is 6.55. The van der Waals surface area contributed by atoms with E-state index in [1.807, 2.05) is 17.8 Å². The predicted octanol–water partition coefficient (Wildman–Crippen LogP) is 2.52. The lowest BCUT2D eigenvalue weighted by Crippen LogP contribution is -2.47. The summed E-state index contributed by atoms with van der Waals surface area (Å²) in [6.45, 7) is 4.10. The molecule has 1 fully saturated rings. The molecule has 1 aromatic carbocycles. The van der Waals surface area contributed by atoms with Crippen molar-refractivity contribution in [1.29, 1.82) is 0 Å². The minimum absolute atomic E-state index is 0.151. The molecule has 1 heterocycles. The van der Waals surface area contributed by atoms with Crippen LogP contribution in [0.4, 0.5) is 4.39 Å². The van der Waals surface area contributed by atoms with Crippen molar-refractivity contribution < 1.29 is 4.39 Å². The zero-order valence-electron chi connectivity index (χ0n) is 11.0. The Morgan fingerprint density at radius 1 is 1.56 bits per heavy atom. The van der Waals surface area contributed by atoms with Crippen LogP contribution >= 0.6 is 11.8 Å². The van der Waals surface area contributed by atoms with E-state index in [1.165, 1.54) is 11.8 Å². The molecule has 100 valence electrons. The first kappa shape index (κ1) is 13.8. The molecule has 1 aromatic rings. The molecule has 0 radical (unpaired) electrons. The van der Waals surface area contributed by atoms with E-state index in [4.69, 9.17) is 0 Å². The third kappa shape index (κ3) is 3.25. The van der Waals surface area contributed by atoms with Gasteiger partial charge in [-0.15, -0.1) is 0 Å². The predicted molar refractivity (Wildman–Crippen MR) is 76.6 cm³/mol. The summed E-state index contributed by atoms with van der Waals surface area (Å²) in [6.07, 6.45) is 0. The zero-order chi connectivity index (χ0) is 13.0. The SMILES string of the molecule is CCNC(c1cccc(F)c1)C1CSCCN1C. The Hall–Kier alpha value is -0.580. The highest BCUT2D eigenvalue weighted by atomic mass is 32.2. The van der Waals surface area contributed by atoms with Crippen molar-refractivity contribution in [3.63, 3.8) is 0 Å². The van der Waals surface area contributed by atoms with Crippen LogP contribution in [0.5, 0.6) is 0 Å². The maximum absolute atomic E-state index is 13.4. The van der Waals surface area contributed by atoms with Gasteiger partial charge in [0.05, 0.1) is 0 Å². The second-order valence-corrected chi connectivity index (χ2v) is 5.86. The molecule has 2 nitrogen and oxygen atoms in total. The fourth-order valence-electron chi connectivity index (χ4n) is 2.45. The van der Waals surface area contributed by atoms with E-state index in [-0.39, 0.29) is 11.9 Å². The van der Waals surface area contributed by atoms with Crippen molar-refractivity contribution in [2.24, 2.45) is 0 Å². The van der Waals surface area contributed by atoms with Crippen LogP contribution in [-0.2, 0) is 0 Å². The van der Waals surface area contributed by atoms with Gasteiger partial charge in [-0.2, -0.15) is 11.8 Å². The summed E-state index contributed by atoms with van der Waals surface area (Å²) in [5, 5.41) is 3.50. The smallest absolute Gasteiger partial charge is 0.123 e. The summed E-state index contributed by atoms with van der Waals surface area (Å²) in [5.41, 5.74) is 1.05. The number of benzene rings is 1. The molecule has 1 aliphatic rings. The molecule has 0 aromatic heterocycles. The second-order valence-electron chi connectivity index (χ2n) is 4.71. The van der Waals surface area contributed by atoms with E-state index < -0.39 is 0 Å². The summed E-state index contributed by atoms with van der Waals surface area (Å²) in [4.78, 5) is 2.38. The quantitative estimate of drug-likeness (QED) is 0.903. The molecule has 2 unspecified atom stereocenters. The van der Waals surface area contributed by atoms with Gasteiger partial charge in [-0.1, -0.05) is 19.1 Å². The summed E-state index contributed by atoms with van der Waals surface area (Å²) in [5.74, 6) is 2.14. The van der Waals surface area contributed by atoms with Gasteiger partial charge in [0.1, 0.15) is 5.82 Å². The summed E-state index contributed by atoms with van der Waals surface area (Å²) < 4.78 is 13.4. The van der Waals surface area contributed by atoms with Crippen molar-refractivity contribution >= 4 is 11.8 Å². The number of nitrogens with zero attached hydrogens (tertiary/aromatic N) is 1. The van der Waals surface area contributed by atoms with Crippen LogP contribution in [0.2, 0.25) is 0 Å². The summed E-state index contributed by atoms with van der Waals surface area (Å²) >= 11 is 1.98. The highest BCUT2D eigenvalue weighted by Gasteiger charge is 2.28. The van der Waals surface area contributed by atoms with Crippen molar-refractivity contribution in [2.75, 3.05) is 31.6 Å². The monoisotopic (exact) mass is 268 g/mol. The molecule has 0 saturated carbocycles. The van der Waals surface area contributed by atoms with Gasteiger partial charge < -0.3 is 5.32 Å². The van der Waals surface area contributed by atoms with Gasteiger partial charge in [0.2, 0.25) is 0 Å². The maximum atomic E-state index is 13.4. The van der Waals surface area contributed by atoms with Crippen LogP contribution in [0.25, 0.3) is 0 Å². The molecule has 0 amide bonds. The highest BCUT2D eigenvalue weighted by molar-refractivity contribution is 7.99. The van der Waals surface area contributed by atoms with E-state index in [2.05, 4.69) is 24.2 Å². The first-order valence-electron chi connectivity index (χ1n) is 6.49. The third-order valence-electron chi connectivity index (χ3n) is 3.46. The lowest BCUT2D eigenvalue weighted by atomic mass is 9.99. The third-order valence-corrected chi connectivity index (χ3v) is 4.51. The highest BCUT2D eigenvalue weighted by Crippen LogP contribution is 2.27. The topological polar surface area (TPSA) is 15.3 Å². The van der Waals surface area contributed by atoms with Crippen LogP contribution in [-0.4, -0.2) is 42.6 Å². The number of thioether (sulfide) groups is 1. The van der Waals surface area contributed by atoms with Gasteiger partial charge >= 0.3 is 0 Å². The Bertz CT molecular complexity index is 386. The van der Waals surface area contributed by atoms with Crippen LogP contribution < -0.4 is 5.32 Å². The number of halogens is 1. The van der Waals surface area contributed by atoms with Gasteiger partial charge in [-0.05, 0) is 31.3 Å². The molecule has 4 heteroatoms. The average molecular weight is 268 g/mol. The Kier molecular flexibility index (Phi) is 5.03. The summed E-state index contributed by atoms with van der Waals surface area (Å²) in [6, 6.07) is 7.62. The van der Waals surface area contributed by atoms with Crippen molar-refractivity contribution in [3.8, 4) is 0 Å². The van der Waals surface area contributed by atoms with Gasteiger partial charge in [0, 0.05) is 30.1 Å². The van der Waals surface area contributed by atoms with Crippen LogP contribution in [0.15, 0.2) is 24.3 Å². The lowest BCUT2D eigenvalue weighted by molar-refractivity contribution is 0.217. The van der Waals surface area contributed by atoms with E-state index in [9.17, 15) is 4.39 Å². The number of hydrogen-bond acceptors (Lipinski definition) is 3. The Labute approximate surface area is 113 Å². The molecular weight excluding hydrogens is 247 g/mol. The molecule has 1 saturated heterocycles. The average Bonchev–Trinajstić information content (AvgIpc) is 2.37. The molecular formula is C14H21FN2S. The fraction of sp³-hybridized carbons (Fsp3) is 0.571. The molecule has 18 heavy (non-hydrogen) atoms. The van der Waals surface area contributed by atoms with Crippen LogP contribution in [0.1, 0.15) is 18.5 Å². The van der Waals surface area contributed by atoms with E-state index >= 15 is 0 Å². The maximum Gasteiger partial charge on any atom is 0.123 e. The lowest BCUT2D eigenvalue weighted by Gasteiger charge is -2.38. The van der Waals surface area contributed by atoms with Crippen molar-refractivity contribution in [2.45, 2.75) is 19.0 Å². The standard InChI is InChI=1S/C14H21FN2S/c1-3-16-14(11-5-4-6-12(15)9-11)13-10-18-8-7-17(13)2/h4-6,9,13-14,16H,3,7-8,10H2,1-2H3. The van der Waals surface area contributed by atoms with Crippen LogP contribution in [0.3, 0.4) is 0 Å². The van der Waals surface area contributed by atoms with Gasteiger partial charge in [-0.25, -0.2) is 4.39 Å². The molecule has 0 bridgehead atoms. The Morgan fingerprint density at radius 3 is 3.06 bits per heavy atom. The largest absolute Gasteiger partial charge is 0.309 e. The van der Waals surface area contributed by atoms with Crippen molar-refractivity contribution in [3.05, 3.63) is 35.6 Å². The van der Waals surface area contributed by atoms with E-state index in [1.54, 1.807) is 12.1 Å². The number of nitrogens with one attached hydrogen (secondary N) is 1. The normalized spacial score (nSPS) is 22.9.